The summed E-state index contributed by atoms with van der Waals surface area (Å²) in [5.41, 5.74) is 2.94. The van der Waals surface area contributed by atoms with Crippen LogP contribution in [0.25, 0.3) is 22.6 Å². The molecule has 0 fully saturated rings. The maximum Gasteiger partial charge on any atom is 0.277 e. The zero-order valence-electron chi connectivity index (χ0n) is 12.6. The fourth-order valence-corrected chi connectivity index (χ4v) is 2.62. The van der Waals surface area contributed by atoms with Gasteiger partial charge in [-0.15, -0.1) is 0 Å². The molecule has 0 bridgehead atoms. The third kappa shape index (κ3) is 2.68. The van der Waals surface area contributed by atoms with Crippen molar-refractivity contribution in [3.63, 3.8) is 0 Å². The summed E-state index contributed by atoms with van der Waals surface area (Å²) in [6.45, 7) is 4.00. The predicted molar refractivity (Wildman–Crippen MR) is 91.0 cm³/mol. The predicted octanol–water partition coefficient (Wildman–Crippen LogP) is 2.50. The number of nitrogens with one attached hydrogen (secondary N) is 4. The lowest BCUT2D eigenvalue weighted by molar-refractivity contribution is -0.115. The molecule has 0 saturated carbocycles. The van der Waals surface area contributed by atoms with Crippen molar-refractivity contribution in [3.8, 4) is 11.4 Å². The van der Waals surface area contributed by atoms with Gasteiger partial charge in [-0.05, 0) is 23.8 Å². The van der Waals surface area contributed by atoms with E-state index >= 15 is 0 Å². The Hall–Kier alpha value is -2.74. The molecule has 1 aromatic carbocycles. The van der Waals surface area contributed by atoms with Crippen LogP contribution in [0.3, 0.4) is 0 Å². The summed E-state index contributed by atoms with van der Waals surface area (Å²) < 4.78 is 0.228. The van der Waals surface area contributed by atoms with E-state index in [1.54, 1.807) is 0 Å². The van der Waals surface area contributed by atoms with Crippen molar-refractivity contribution in [3.05, 3.63) is 38.9 Å². The third-order valence-corrected chi connectivity index (χ3v) is 3.60. The van der Waals surface area contributed by atoms with Crippen molar-refractivity contribution in [2.45, 2.75) is 20.3 Å². The fraction of sp³-hybridized carbons (Fsp3) is 0.200. The van der Waals surface area contributed by atoms with Crippen LogP contribution in [0.1, 0.15) is 19.4 Å². The molecular formula is C15H15N5O2S. The van der Waals surface area contributed by atoms with Gasteiger partial charge in [-0.25, -0.2) is 4.98 Å². The number of hydrogen-bond donors (Lipinski definition) is 4. The van der Waals surface area contributed by atoms with Crippen molar-refractivity contribution in [1.82, 2.24) is 19.9 Å². The molecule has 3 heterocycles. The van der Waals surface area contributed by atoms with Crippen molar-refractivity contribution in [1.29, 1.82) is 0 Å². The molecule has 0 spiro atoms. The Morgan fingerprint density at radius 2 is 1.91 bits per heavy atom. The van der Waals surface area contributed by atoms with E-state index in [1.165, 1.54) is 0 Å². The maximum atomic E-state index is 11.8. The molecule has 7 nitrogen and oxygen atoms in total. The van der Waals surface area contributed by atoms with Gasteiger partial charge < -0.3 is 15.3 Å². The first-order valence-corrected chi connectivity index (χ1v) is 7.66. The Morgan fingerprint density at radius 3 is 2.70 bits per heavy atom. The van der Waals surface area contributed by atoms with Crippen LogP contribution in [0.5, 0.6) is 0 Å². The van der Waals surface area contributed by atoms with Gasteiger partial charge in [0.2, 0.25) is 5.91 Å². The number of anilines is 1. The summed E-state index contributed by atoms with van der Waals surface area (Å²) in [5.74, 6) is 0.517. The van der Waals surface area contributed by atoms with Crippen LogP contribution in [0.15, 0.2) is 23.0 Å². The Balaban J connectivity index is 0.000000753. The molecule has 4 N–H and O–H groups in total. The lowest BCUT2D eigenvalue weighted by Crippen LogP contribution is -2.07. The van der Waals surface area contributed by atoms with Gasteiger partial charge >= 0.3 is 0 Å². The molecular weight excluding hydrogens is 314 g/mol. The van der Waals surface area contributed by atoms with E-state index in [0.29, 0.717) is 23.4 Å². The summed E-state index contributed by atoms with van der Waals surface area (Å²) in [6.07, 6.45) is 0.391. The van der Waals surface area contributed by atoms with Gasteiger partial charge in [0.25, 0.3) is 5.56 Å². The molecule has 1 amide bonds. The summed E-state index contributed by atoms with van der Waals surface area (Å²) in [4.78, 5) is 35.8. The van der Waals surface area contributed by atoms with Crippen LogP contribution in [-0.4, -0.2) is 25.8 Å². The molecule has 3 aromatic rings. The van der Waals surface area contributed by atoms with Crippen LogP contribution in [0.2, 0.25) is 0 Å². The molecule has 1 aliphatic heterocycles. The second-order valence-corrected chi connectivity index (χ2v) is 5.22. The number of carbonyl (C=O) groups is 1. The van der Waals surface area contributed by atoms with Gasteiger partial charge in [0, 0.05) is 11.3 Å². The summed E-state index contributed by atoms with van der Waals surface area (Å²) in [7, 11) is 0. The van der Waals surface area contributed by atoms with Crippen molar-refractivity contribution < 1.29 is 4.79 Å². The average Bonchev–Trinajstić information content (AvgIpc) is 3.10. The number of H-pyrrole nitrogens is 3. The van der Waals surface area contributed by atoms with Gasteiger partial charge in [-0.1, -0.05) is 26.0 Å². The number of benzene rings is 1. The molecule has 0 unspecified atom stereocenters. The Kier molecular flexibility index (Phi) is 3.83. The van der Waals surface area contributed by atoms with Gasteiger partial charge in [0.1, 0.15) is 11.3 Å². The Bertz CT molecular complexity index is 1010. The molecule has 0 saturated heterocycles. The quantitative estimate of drug-likeness (QED) is 0.515. The van der Waals surface area contributed by atoms with E-state index in [-0.39, 0.29) is 16.2 Å². The lowest BCUT2D eigenvalue weighted by Gasteiger charge is -2.01. The highest BCUT2D eigenvalue weighted by Crippen LogP contribution is 2.28. The van der Waals surface area contributed by atoms with Crippen LogP contribution in [0.4, 0.5) is 5.69 Å². The van der Waals surface area contributed by atoms with Crippen LogP contribution >= 0.6 is 12.2 Å². The monoisotopic (exact) mass is 329 g/mol. The number of imidazole rings is 1. The van der Waals surface area contributed by atoms with Crippen LogP contribution in [-0.2, 0) is 11.2 Å². The Morgan fingerprint density at radius 1 is 1.13 bits per heavy atom. The number of hydrogen-bond acceptors (Lipinski definition) is 4. The van der Waals surface area contributed by atoms with Crippen LogP contribution in [0, 0.1) is 4.77 Å². The van der Waals surface area contributed by atoms with E-state index in [2.05, 4.69) is 25.3 Å². The molecule has 0 aliphatic carbocycles. The first kappa shape index (κ1) is 15.2. The number of aromatic nitrogens is 4. The number of carbonyl (C=O) groups excluding carboxylic acids is 1. The maximum absolute atomic E-state index is 11.8. The minimum absolute atomic E-state index is 0.0210. The summed E-state index contributed by atoms with van der Waals surface area (Å²) >= 11 is 4.92. The lowest BCUT2D eigenvalue weighted by atomic mass is 10.1. The molecule has 4 rings (SSSR count). The zero-order valence-corrected chi connectivity index (χ0v) is 13.4. The van der Waals surface area contributed by atoms with E-state index in [1.807, 2.05) is 32.0 Å². The smallest absolute Gasteiger partial charge is 0.277 e. The standard InChI is InChI=1S/C13H9N5O2S.C2H6/c19-8-4-5-1-2-6(3-7(5)14-8)10-15-9-11(16-10)17-13(21)18-12(9)20;1-2/h1-3H,4H2,(H,14,19)(H3,15,16,17,18,20,21);1-2H3. The highest BCUT2D eigenvalue weighted by molar-refractivity contribution is 7.71. The number of rotatable bonds is 1. The SMILES string of the molecule is CC.O=C1Cc2ccc(-c3nc4[nH]c(=S)[nH]c(=O)c4[nH]3)cc2N1. The van der Waals surface area contributed by atoms with Crippen molar-refractivity contribution in [2.75, 3.05) is 5.32 Å². The third-order valence-electron chi connectivity index (χ3n) is 3.40. The number of fused-ring (bicyclic) bond motifs is 2. The summed E-state index contributed by atoms with van der Waals surface area (Å²) in [5, 5.41) is 2.79. The highest BCUT2D eigenvalue weighted by atomic mass is 32.1. The molecule has 0 radical (unpaired) electrons. The Labute approximate surface area is 136 Å². The number of nitrogens with zero attached hydrogens (tertiary/aromatic N) is 1. The number of amides is 1. The normalized spacial score (nSPS) is 12.5. The molecule has 23 heavy (non-hydrogen) atoms. The molecule has 118 valence electrons. The van der Waals surface area contributed by atoms with E-state index in [0.717, 1.165) is 16.8 Å². The molecule has 8 heteroatoms. The molecule has 0 atom stereocenters. The van der Waals surface area contributed by atoms with Gasteiger partial charge in [-0.2, -0.15) is 0 Å². The minimum Gasteiger partial charge on any atom is -0.332 e. The van der Waals surface area contributed by atoms with Crippen LogP contribution < -0.4 is 10.9 Å². The number of aromatic amines is 3. The van der Waals surface area contributed by atoms with Crippen molar-refractivity contribution in [2.24, 2.45) is 0 Å². The van der Waals surface area contributed by atoms with E-state index in [4.69, 9.17) is 12.2 Å². The second kappa shape index (κ2) is 5.81. The van der Waals surface area contributed by atoms with E-state index in [9.17, 15) is 9.59 Å². The second-order valence-electron chi connectivity index (χ2n) is 4.81. The first-order chi connectivity index (χ1) is 11.1. The molecule has 1 aliphatic rings. The summed E-state index contributed by atoms with van der Waals surface area (Å²) in [6, 6.07) is 5.57. The van der Waals surface area contributed by atoms with E-state index < -0.39 is 0 Å². The molecule has 2 aromatic heterocycles. The minimum atomic E-state index is -0.318. The topological polar surface area (TPSA) is 106 Å². The average molecular weight is 329 g/mol. The van der Waals surface area contributed by atoms with Gasteiger partial charge in [0.05, 0.1) is 6.42 Å². The van der Waals surface area contributed by atoms with Gasteiger partial charge in [0.15, 0.2) is 10.4 Å². The van der Waals surface area contributed by atoms with Crippen molar-refractivity contribution >= 4 is 35.0 Å². The zero-order chi connectivity index (χ0) is 16.6. The fourth-order valence-electron chi connectivity index (χ4n) is 2.43. The highest BCUT2D eigenvalue weighted by Gasteiger charge is 2.18. The first-order valence-electron chi connectivity index (χ1n) is 7.25. The van der Waals surface area contributed by atoms with Gasteiger partial charge in [-0.3, -0.25) is 14.6 Å². The largest absolute Gasteiger partial charge is 0.332 e.